The number of rotatable bonds is 5. The number of nitrogens with one attached hydrogen (secondary N) is 1. The van der Waals surface area contributed by atoms with Gasteiger partial charge in [0.2, 0.25) is 5.91 Å². The van der Waals surface area contributed by atoms with Gasteiger partial charge in [0.25, 0.3) is 0 Å². The number of carbonyl (C=O) groups excluding carboxylic acids is 2. The van der Waals surface area contributed by atoms with E-state index in [4.69, 9.17) is 18.9 Å². The van der Waals surface area contributed by atoms with Crippen LogP contribution in [0.15, 0.2) is 12.1 Å². The maximum Gasteiger partial charge on any atom is 0.329 e. The average molecular weight is 309 g/mol. The highest BCUT2D eigenvalue weighted by atomic mass is 16.5. The van der Waals surface area contributed by atoms with E-state index in [0.29, 0.717) is 22.8 Å². The summed E-state index contributed by atoms with van der Waals surface area (Å²) in [5, 5.41) is 2.63. The van der Waals surface area contributed by atoms with Crippen LogP contribution >= 0.6 is 0 Å². The largest absolute Gasteiger partial charge is 0.496 e. The summed E-state index contributed by atoms with van der Waals surface area (Å²) in [6, 6.07) is 2.61. The molecule has 0 bridgehead atoms. The Kier molecular flexibility index (Phi) is 4.75. The summed E-state index contributed by atoms with van der Waals surface area (Å²) in [5.41, 5.74) is 0.638. The summed E-state index contributed by atoms with van der Waals surface area (Å²) in [4.78, 5) is 23.7. The Labute approximate surface area is 128 Å². The van der Waals surface area contributed by atoms with E-state index in [0.717, 1.165) is 0 Å². The maximum atomic E-state index is 11.9. The molecule has 22 heavy (non-hydrogen) atoms. The number of carbonyl (C=O) groups is 2. The van der Waals surface area contributed by atoms with Crippen LogP contribution in [0.1, 0.15) is 17.9 Å². The first-order chi connectivity index (χ1) is 10.5. The minimum Gasteiger partial charge on any atom is -0.496 e. The van der Waals surface area contributed by atoms with Gasteiger partial charge in [-0.1, -0.05) is 0 Å². The van der Waals surface area contributed by atoms with Crippen molar-refractivity contribution in [2.45, 2.75) is 18.4 Å². The normalized spacial score (nSPS) is 20.3. The van der Waals surface area contributed by atoms with Crippen molar-refractivity contribution < 1.29 is 28.5 Å². The number of benzene rings is 1. The molecule has 2 atom stereocenters. The van der Waals surface area contributed by atoms with Gasteiger partial charge in [0, 0.05) is 30.0 Å². The molecule has 7 heteroatoms. The van der Waals surface area contributed by atoms with Gasteiger partial charge < -0.3 is 24.3 Å². The van der Waals surface area contributed by atoms with Crippen molar-refractivity contribution in [1.82, 2.24) is 5.32 Å². The van der Waals surface area contributed by atoms with Crippen molar-refractivity contribution in [3.05, 3.63) is 17.7 Å². The minimum atomic E-state index is -0.770. The third-order valence-corrected chi connectivity index (χ3v) is 3.70. The predicted molar refractivity (Wildman–Crippen MR) is 77.4 cm³/mol. The SMILES string of the molecule is COC(=O)[C@H]1NC(=O)C[C@@H]1c1c(OC)cc(OC)cc1OC. The van der Waals surface area contributed by atoms with Gasteiger partial charge in [-0.15, -0.1) is 0 Å². The molecule has 0 saturated carbocycles. The van der Waals surface area contributed by atoms with Crippen molar-refractivity contribution >= 4 is 11.9 Å². The second-order valence-electron chi connectivity index (χ2n) is 4.82. The Morgan fingerprint density at radius 1 is 1.09 bits per heavy atom. The summed E-state index contributed by atoms with van der Waals surface area (Å²) >= 11 is 0. The molecular weight excluding hydrogens is 290 g/mol. The fourth-order valence-electron chi connectivity index (χ4n) is 2.67. The highest BCUT2D eigenvalue weighted by molar-refractivity contribution is 5.90. The molecule has 0 radical (unpaired) electrons. The molecule has 1 N–H and O–H groups in total. The molecule has 0 aromatic heterocycles. The lowest BCUT2D eigenvalue weighted by Gasteiger charge is -2.22. The molecule has 1 aromatic carbocycles. The van der Waals surface area contributed by atoms with E-state index in [-0.39, 0.29) is 12.3 Å². The Balaban J connectivity index is 2.53. The second kappa shape index (κ2) is 6.55. The predicted octanol–water partition coefficient (Wildman–Crippen LogP) is 0.857. The third-order valence-electron chi connectivity index (χ3n) is 3.70. The van der Waals surface area contributed by atoms with Gasteiger partial charge in [-0.05, 0) is 0 Å². The zero-order valence-corrected chi connectivity index (χ0v) is 13.0. The van der Waals surface area contributed by atoms with Crippen LogP contribution < -0.4 is 19.5 Å². The van der Waals surface area contributed by atoms with E-state index in [1.807, 2.05) is 0 Å². The molecule has 120 valence electrons. The fourth-order valence-corrected chi connectivity index (χ4v) is 2.67. The lowest BCUT2D eigenvalue weighted by Crippen LogP contribution is -2.37. The van der Waals surface area contributed by atoms with Crippen LogP contribution in [-0.2, 0) is 14.3 Å². The first kappa shape index (κ1) is 15.9. The van der Waals surface area contributed by atoms with Crippen molar-refractivity contribution in [3.8, 4) is 17.2 Å². The van der Waals surface area contributed by atoms with Gasteiger partial charge in [0.15, 0.2) is 0 Å². The number of ether oxygens (including phenoxy) is 4. The second-order valence-corrected chi connectivity index (χ2v) is 4.82. The minimum absolute atomic E-state index is 0.152. The molecule has 1 amide bonds. The highest BCUT2D eigenvalue weighted by Crippen LogP contribution is 2.43. The van der Waals surface area contributed by atoms with Gasteiger partial charge >= 0.3 is 5.97 Å². The van der Waals surface area contributed by atoms with E-state index < -0.39 is 17.9 Å². The van der Waals surface area contributed by atoms with Gasteiger partial charge in [-0.2, -0.15) is 0 Å². The smallest absolute Gasteiger partial charge is 0.329 e. The van der Waals surface area contributed by atoms with E-state index in [9.17, 15) is 9.59 Å². The van der Waals surface area contributed by atoms with Crippen LogP contribution in [0.25, 0.3) is 0 Å². The molecule has 1 aromatic rings. The molecule has 1 fully saturated rings. The summed E-state index contributed by atoms with van der Waals surface area (Å²) < 4.78 is 20.7. The Bertz CT molecular complexity index is 560. The first-order valence-electron chi connectivity index (χ1n) is 6.72. The lowest BCUT2D eigenvalue weighted by molar-refractivity contribution is -0.143. The van der Waals surface area contributed by atoms with E-state index in [2.05, 4.69) is 5.32 Å². The van der Waals surface area contributed by atoms with Crippen LogP contribution in [0.5, 0.6) is 17.2 Å². The number of esters is 1. The molecule has 0 spiro atoms. The molecule has 0 unspecified atom stereocenters. The molecular formula is C15H19NO6. The Hall–Kier alpha value is -2.44. The van der Waals surface area contributed by atoms with Gasteiger partial charge in [0.1, 0.15) is 23.3 Å². The molecule has 1 aliphatic heterocycles. The first-order valence-corrected chi connectivity index (χ1v) is 6.72. The van der Waals surface area contributed by atoms with Crippen LogP contribution in [0.2, 0.25) is 0 Å². The summed E-state index contributed by atoms with van der Waals surface area (Å²) in [7, 11) is 5.84. The van der Waals surface area contributed by atoms with Crippen molar-refractivity contribution in [2.75, 3.05) is 28.4 Å². The molecule has 7 nitrogen and oxygen atoms in total. The zero-order valence-electron chi connectivity index (χ0n) is 13.0. The molecule has 2 rings (SSSR count). The van der Waals surface area contributed by atoms with Gasteiger partial charge in [-0.25, -0.2) is 4.79 Å². The average Bonchev–Trinajstić information content (AvgIpc) is 2.93. The monoisotopic (exact) mass is 309 g/mol. The van der Waals surface area contributed by atoms with E-state index in [1.165, 1.54) is 28.4 Å². The van der Waals surface area contributed by atoms with Crippen LogP contribution in [-0.4, -0.2) is 46.4 Å². The standard InChI is InChI=1S/C15H19NO6/c1-19-8-5-10(20-2)13(11(6-8)21-3)9-7-12(17)16-14(9)15(18)22-4/h5-6,9,14H,7H2,1-4H3,(H,16,17)/t9-,14+/m1/s1. The number of methoxy groups -OCH3 is 4. The van der Waals surface area contributed by atoms with Crippen LogP contribution in [0.3, 0.4) is 0 Å². The molecule has 1 saturated heterocycles. The fraction of sp³-hybridized carbons (Fsp3) is 0.467. The van der Waals surface area contributed by atoms with E-state index >= 15 is 0 Å². The molecule has 1 aliphatic rings. The number of hydrogen-bond donors (Lipinski definition) is 1. The quantitative estimate of drug-likeness (QED) is 0.812. The third kappa shape index (κ3) is 2.79. The molecule has 0 aliphatic carbocycles. The lowest BCUT2D eigenvalue weighted by atomic mass is 9.90. The summed E-state index contributed by atoms with van der Waals surface area (Å²) in [5.74, 6) is 0.384. The van der Waals surface area contributed by atoms with Gasteiger partial charge in [-0.3, -0.25) is 4.79 Å². The van der Waals surface area contributed by atoms with Crippen LogP contribution in [0, 0.1) is 0 Å². The van der Waals surface area contributed by atoms with Crippen molar-refractivity contribution in [3.63, 3.8) is 0 Å². The number of amides is 1. The van der Waals surface area contributed by atoms with Crippen LogP contribution in [0.4, 0.5) is 0 Å². The van der Waals surface area contributed by atoms with Crippen molar-refractivity contribution in [1.29, 1.82) is 0 Å². The Morgan fingerprint density at radius 3 is 2.14 bits per heavy atom. The Morgan fingerprint density at radius 2 is 1.68 bits per heavy atom. The number of hydrogen-bond acceptors (Lipinski definition) is 6. The van der Waals surface area contributed by atoms with E-state index in [1.54, 1.807) is 12.1 Å². The topological polar surface area (TPSA) is 83.1 Å². The maximum absolute atomic E-state index is 11.9. The zero-order chi connectivity index (χ0) is 16.3. The molecule has 1 heterocycles. The van der Waals surface area contributed by atoms with Crippen molar-refractivity contribution in [2.24, 2.45) is 0 Å². The highest BCUT2D eigenvalue weighted by Gasteiger charge is 2.42. The van der Waals surface area contributed by atoms with Gasteiger partial charge in [0.05, 0.1) is 28.4 Å². The summed E-state index contributed by atoms with van der Waals surface area (Å²) in [6.07, 6.45) is 0.152. The summed E-state index contributed by atoms with van der Waals surface area (Å²) in [6.45, 7) is 0.